The van der Waals surface area contributed by atoms with Gasteiger partial charge in [0.25, 0.3) is 5.91 Å². The van der Waals surface area contributed by atoms with Crippen molar-refractivity contribution in [2.75, 3.05) is 19.6 Å². The summed E-state index contributed by atoms with van der Waals surface area (Å²) in [6, 6.07) is 4.53. The van der Waals surface area contributed by atoms with Crippen molar-refractivity contribution >= 4 is 33.1 Å². The van der Waals surface area contributed by atoms with E-state index in [1.54, 1.807) is 17.7 Å². The van der Waals surface area contributed by atoms with E-state index in [4.69, 9.17) is 0 Å². The van der Waals surface area contributed by atoms with Gasteiger partial charge < -0.3 is 15.2 Å². The molecule has 5 heterocycles. The van der Waals surface area contributed by atoms with Gasteiger partial charge in [0.05, 0.1) is 20.8 Å². The molecule has 32 heavy (non-hydrogen) atoms. The summed E-state index contributed by atoms with van der Waals surface area (Å²) in [7, 11) is 0. The molecule has 1 saturated heterocycles. The second-order valence-electron chi connectivity index (χ2n) is 8.93. The molecule has 4 aromatic rings. The lowest BCUT2D eigenvalue weighted by atomic mass is 9.99. The Labute approximate surface area is 191 Å². The fourth-order valence-corrected chi connectivity index (χ4v) is 6.21. The lowest BCUT2D eigenvalue weighted by Gasteiger charge is -2.33. The summed E-state index contributed by atoms with van der Waals surface area (Å²) in [5.74, 6) is 0.476. The van der Waals surface area contributed by atoms with E-state index in [0.717, 1.165) is 65.3 Å². The summed E-state index contributed by atoms with van der Waals surface area (Å²) in [5, 5.41) is 7.73. The van der Waals surface area contributed by atoms with Crippen molar-refractivity contribution in [2.24, 2.45) is 0 Å². The van der Waals surface area contributed by atoms with Crippen LogP contribution in [-0.4, -0.2) is 56.1 Å². The Kier molecular flexibility index (Phi) is 5.51. The first-order valence-corrected chi connectivity index (χ1v) is 12.3. The van der Waals surface area contributed by atoms with Gasteiger partial charge in [-0.05, 0) is 69.0 Å². The number of nitrogens with one attached hydrogen (secondary N) is 2. The van der Waals surface area contributed by atoms with Crippen molar-refractivity contribution in [1.82, 2.24) is 29.8 Å². The number of pyridine rings is 1. The van der Waals surface area contributed by atoms with E-state index >= 15 is 0 Å². The van der Waals surface area contributed by atoms with Gasteiger partial charge in [-0.3, -0.25) is 4.79 Å². The van der Waals surface area contributed by atoms with Crippen molar-refractivity contribution < 1.29 is 4.79 Å². The first-order valence-electron chi connectivity index (χ1n) is 11.4. The quantitative estimate of drug-likeness (QED) is 0.466. The maximum Gasteiger partial charge on any atom is 0.264 e. The molecular weight excluding hydrogens is 420 g/mol. The SMILES string of the molecule is CCN(C(=O)c1cc2[nH]c(-c3cc(C)c4ncnn4c3)c(C(C)C)c2s1)C1CCNCC1. The van der Waals surface area contributed by atoms with Crippen LogP contribution >= 0.6 is 11.3 Å². The van der Waals surface area contributed by atoms with Gasteiger partial charge in [0, 0.05) is 24.3 Å². The molecule has 0 bridgehead atoms. The van der Waals surface area contributed by atoms with Crippen LogP contribution in [0.4, 0.5) is 0 Å². The Balaban J connectivity index is 1.55. The minimum absolute atomic E-state index is 0.158. The Hall–Kier alpha value is -2.71. The lowest BCUT2D eigenvalue weighted by molar-refractivity contribution is 0.0661. The van der Waals surface area contributed by atoms with Gasteiger partial charge in [-0.15, -0.1) is 11.3 Å². The van der Waals surface area contributed by atoms with Crippen LogP contribution in [-0.2, 0) is 0 Å². The van der Waals surface area contributed by atoms with Crippen LogP contribution < -0.4 is 5.32 Å². The monoisotopic (exact) mass is 450 g/mol. The molecule has 5 rings (SSSR count). The van der Waals surface area contributed by atoms with E-state index in [1.165, 1.54) is 10.3 Å². The minimum Gasteiger partial charge on any atom is -0.354 e. The molecule has 1 aliphatic rings. The first kappa shape index (κ1) is 21.2. The molecule has 8 heteroatoms. The summed E-state index contributed by atoms with van der Waals surface area (Å²) < 4.78 is 3.01. The van der Waals surface area contributed by atoms with E-state index in [9.17, 15) is 4.79 Å². The predicted molar refractivity (Wildman–Crippen MR) is 130 cm³/mol. The number of amides is 1. The van der Waals surface area contributed by atoms with E-state index in [0.29, 0.717) is 12.0 Å². The topological polar surface area (TPSA) is 78.3 Å². The zero-order valence-corrected chi connectivity index (χ0v) is 19.9. The maximum atomic E-state index is 13.4. The molecule has 0 aromatic carbocycles. The number of fused-ring (bicyclic) bond motifs is 2. The molecule has 0 atom stereocenters. The zero-order valence-electron chi connectivity index (χ0n) is 19.1. The van der Waals surface area contributed by atoms with Crippen LogP contribution in [0.3, 0.4) is 0 Å². The number of H-pyrrole nitrogens is 1. The number of aryl methyl sites for hydroxylation is 1. The number of hydrogen-bond acceptors (Lipinski definition) is 5. The molecule has 1 aliphatic heterocycles. The Morgan fingerprint density at radius 2 is 2.09 bits per heavy atom. The average Bonchev–Trinajstić information content (AvgIpc) is 3.48. The second-order valence-corrected chi connectivity index (χ2v) is 9.99. The molecule has 0 spiro atoms. The minimum atomic E-state index is 0.158. The highest BCUT2D eigenvalue weighted by Gasteiger charge is 2.28. The van der Waals surface area contributed by atoms with E-state index in [1.807, 2.05) is 16.8 Å². The van der Waals surface area contributed by atoms with Crippen molar-refractivity contribution in [3.8, 4) is 11.3 Å². The summed E-state index contributed by atoms with van der Waals surface area (Å²) >= 11 is 1.62. The normalized spacial score (nSPS) is 15.3. The molecular formula is C24H30N6OS. The third-order valence-electron chi connectivity index (χ3n) is 6.49. The summed E-state index contributed by atoms with van der Waals surface area (Å²) in [5.41, 5.74) is 6.45. The van der Waals surface area contributed by atoms with Crippen molar-refractivity contribution in [3.05, 3.63) is 40.7 Å². The number of carbonyl (C=O) groups excluding carboxylic acids is 1. The van der Waals surface area contributed by atoms with E-state index in [2.05, 4.69) is 59.0 Å². The Morgan fingerprint density at radius 3 is 2.81 bits per heavy atom. The largest absolute Gasteiger partial charge is 0.354 e. The molecule has 0 saturated carbocycles. The molecule has 2 N–H and O–H groups in total. The predicted octanol–water partition coefficient (Wildman–Crippen LogP) is 4.59. The molecule has 1 amide bonds. The van der Waals surface area contributed by atoms with Crippen LogP contribution in [0, 0.1) is 6.92 Å². The van der Waals surface area contributed by atoms with Crippen LogP contribution in [0.15, 0.2) is 24.7 Å². The fourth-order valence-electron chi connectivity index (χ4n) is 4.94. The number of aromatic amines is 1. The molecule has 0 unspecified atom stereocenters. The number of thiophene rings is 1. The van der Waals surface area contributed by atoms with Crippen LogP contribution in [0.1, 0.15) is 60.3 Å². The summed E-state index contributed by atoms with van der Waals surface area (Å²) in [4.78, 5) is 24.3. The highest BCUT2D eigenvalue weighted by molar-refractivity contribution is 7.21. The van der Waals surface area contributed by atoms with Gasteiger partial charge in [-0.2, -0.15) is 5.10 Å². The summed E-state index contributed by atoms with van der Waals surface area (Å²) in [6.07, 6.45) is 5.66. The van der Waals surface area contributed by atoms with Gasteiger partial charge in [0.2, 0.25) is 0 Å². The third-order valence-corrected chi connectivity index (χ3v) is 7.65. The van der Waals surface area contributed by atoms with Gasteiger partial charge in [-0.1, -0.05) is 13.8 Å². The van der Waals surface area contributed by atoms with Crippen LogP contribution in [0.5, 0.6) is 0 Å². The number of rotatable bonds is 5. The van der Waals surface area contributed by atoms with E-state index in [-0.39, 0.29) is 5.91 Å². The molecule has 1 fully saturated rings. The molecule has 7 nitrogen and oxygen atoms in total. The third kappa shape index (κ3) is 3.51. The number of nitrogens with zero attached hydrogens (tertiary/aromatic N) is 4. The van der Waals surface area contributed by atoms with Crippen LogP contribution in [0.2, 0.25) is 0 Å². The van der Waals surface area contributed by atoms with Crippen molar-refractivity contribution in [1.29, 1.82) is 0 Å². The van der Waals surface area contributed by atoms with Gasteiger partial charge >= 0.3 is 0 Å². The number of hydrogen-bond donors (Lipinski definition) is 2. The van der Waals surface area contributed by atoms with Crippen LogP contribution in [0.25, 0.3) is 27.1 Å². The van der Waals surface area contributed by atoms with E-state index < -0.39 is 0 Å². The molecule has 168 valence electrons. The highest BCUT2D eigenvalue weighted by atomic mass is 32.1. The second kappa shape index (κ2) is 8.33. The van der Waals surface area contributed by atoms with Gasteiger partial charge in [-0.25, -0.2) is 9.50 Å². The average molecular weight is 451 g/mol. The highest BCUT2D eigenvalue weighted by Crippen LogP contribution is 2.40. The van der Waals surface area contributed by atoms with Gasteiger partial charge in [0.15, 0.2) is 5.65 Å². The molecule has 4 aromatic heterocycles. The van der Waals surface area contributed by atoms with Gasteiger partial charge in [0.1, 0.15) is 6.33 Å². The van der Waals surface area contributed by atoms with Crippen molar-refractivity contribution in [2.45, 2.75) is 52.5 Å². The number of aromatic nitrogens is 4. The first-order chi connectivity index (χ1) is 15.5. The summed E-state index contributed by atoms with van der Waals surface area (Å²) in [6.45, 7) is 11.3. The maximum absolute atomic E-state index is 13.4. The number of carbonyl (C=O) groups is 1. The smallest absolute Gasteiger partial charge is 0.264 e. The molecule has 0 aliphatic carbocycles. The Morgan fingerprint density at radius 1 is 1.31 bits per heavy atom. The zero-order chi connectivity index (χ0) is 22.4. The number of piperidine rings is 1. The molecule has 0 radical (unpaired) electrons. The lowest BCUT2D eigenvalue weighted by Crippen LogP contribution is -2.45. The van der Waals surface area contributed by atoms with Crippen molar-refractivity contribution in [3.63, 3.8) is 0 Å². The fraction of sp³-hybridized carbons (Fsp3) is 0.458. The Bertz CT molecular complexity index is 1280. The standard InChI is InChI=1S/C24H30N6OS/c1-5-29(17-6-8-25-9-7-17)24(31)19-11-18-22(32-19)20(14(2)3)21(28-18)16-10-15(4)23-26-13-27-30(23)12-16/h10-14,17,25,28H,5-9H2,1-4H3.